The van der Waals surface area contributed by atoms with Crippen LogP contribution in [-0.4, -0.2) is 42.1 Å². The molecular weight excluding hydrogens is 332 g/mol. The van der Waals surface area contributed by atoms with Gasteiger partial charge in [0.05, 0.1) is 0 Å². The third-order valence-corrected chi connectivity index (χ3v) is 5.67. The van der Waals surface area contributed by atoms with Crippen LogP contribution < -0.4 is 5.32 Å². The summed E-state index contributed by atoms with van der Waals surface area (Å²) in [7, 11) is 0. The van der Waals surface area contributed by atoms with E-state index >= 15 is 0 Å². The molecule has 1 aliphatic heterocycles. The molecule has 2 amide bonds. The summed E-state index contributed by atoms with van der Waals surface area (Å²) in [6.07, 6.45) is 5.32. The highest BCUT2D eigenvalue weighted by Gasteiger charge is 2.15. The molecule has 1 N–H and O–H groups in total. The van der Waals surface area contributed by atoms with Gasteiger partial charge in [-0.05, 0) is 56.4 Å². The van der Waals surface area contributed by atoms with Crippen LogP contribution in [0, 0.1) is 13.8 Å². The number of benzene rings is 1. The fourth-order valence-corrected chi connectivity index (χ4v) is 3.87. The monoisotopic (exact) mass is 362 g/mol. The Morgan fingerprint density at radius 3 is 2.84 bits per heavy atom. The Balaban J connectivity index is 1.57. The Kier molecular flexibility index (Phi) is 8.32. The lowest BCUT2D eigenvalue weighted by Crippen LogP contribution is -2.34. The van der Waals surface area contributed by atoms with E-state index in [0.29, 0.717) is 19.4 Å². The molecule has 2 rings (SSSR count). The second kappa shape index (κ2) is 10.5. The van der Waals surface area contributed by atoms with Crippen molar-refractivity contribution in [1.29, 1.82) is 0 Å². The van der Waals surface area contributed by atoms with Crippen molar-refractivity contribution in [2.75, 3.05) is 25.4 Å². The molecule has 138 valence electrons. The van der Waals surface area contributed by atoms with Crippen molar-refractivity contribution >= 4 is 23.6 Å². The summed E-state index contributed by atoms with van der Waals surface area (Å²) < 4.78 is 0. The topological polar surface area (TPSA) is 49.4 Å². The van der Waals surface area contributed by atoms with Crippen molar-refractivity contribution in [3.63, 3.8) is 0 Å². The number of amides is 2. The number of carbonyl (C=O) groups is 2. The molecule has 0 aliphatic carbocycles. The van der Waals surface area contributed by atoms with Crippen LogP contribution in [0.15, 0.2) is 23.1 Å². The minimum Gasteiger partial charge on any atom is -0.356 e. The predicted octanol–water partition coefficient (Wildman–Crippen LogP) is 3.69. The fourth-order valence-electron chi connectivity index (χ4n) is 2.93. The number of hydrogen-bond donors (Lipinski definition) is 1. The average molecular weight is 363 g/mol. The molecule has 0 atom stereocenters. The van der Waals surface area contributed by atoms with E-state index in [4.69, 9.17) is 0 Å². The van der Waals surface area contributed by atoms with Gasteiger partial charge in [-0.25, -0.2) is 0 Å². The quantitative estimate of drug-likeness (QED) is 0.567. The number of nitrogens with zero attached hydrogens (tertiary/aromatic N) is 1. The number of likely N-dealkylation sites (tertiary alicyclic amines) is 1. The van der Waals surface area contributed by atoms with Gasteiger partial charge >= 0.3 is 0 Å². The summed E-state index contributed by atoms with van der Waals surface area (Å²) >= 11 is 1.72. The minimum absolute atomic E-state index is 0.0959. The van der Waals surface area contributed by atoms with Crippen LogP contribution in [0.3, 0.4) is 0 Å². The second-order valence-electron chi connectivity index (χ2n) is 6.74. The van der Waals surface area contributed by atoms with Crippen LogP contribution in [0.1, 0.15) is 49.7 Å². The lowest BCUT2D eigenvalue weighted by molar-refractivity contribution is -0.130. The Hall–Kier alpha value is -1.49. The van der Waals surface area contributed by atoms with Gasteiger partial charge in [0.1, 0.15) is 0 Å². The maximum Gasteiger partial charge on any atom is 0.222 e. The zero-order chi connectivity index (χ0) is 18.1. The smallest absolute Gasteiger partial charge is 0.222 e. The Morgan fingerprint density at radius 2 is 2.04 bits per heavy atom. The van der Waals surface area contributed by atoms with Crippen molar-refractivity contribution in [2.24, 2.45) is 0 Å². The van der Waals surface area contributed by atoms with Crippen molar-refractivity contribution in [3.8, 4) is 0 Å². The highest BCUT2D eigenvalue weighted by Crippen LogP contribution is 2.21. The zero-order valence-electron chi connectivity index (χ0n) is 15.5. The van der Waals surface area contributed by atoms with Crippen LogP contribution in [0.2, 0.25) is 0 Å². The van der Waals surface area contributed by atoms with Gasteiger partial charge in [0.15, 0.2) is 0 Å². The molecule has 1 saturated heterocycles. The first-order valence-electron chi connectivity index (χ1n) is 9.31. The van der Waals surface area contributed by atoms with Gasteiger partial charge in [-0.2, -0.15) is 0 Å². The van der Waals surface area contributed by atoms with Crippen LogP contribution in [0.4, 0.5) is 0 Å². The molecule has 1 heterocycles. The second-order valence-corrected chi connectivity index (χ2v) is 7.91. The van der Waals surface area contributed by atoms with Crippen LogP contribution >= 0.6 is 11.8 Å². The molecule has 1 aromatic rings. The molecule has 25 heavy (non-hydrogen) atoms. The summed E-state index contributed by atoms with van der Waals surface area (Å²) in [6, 6.07) is 6.42. The van der Waals surface area contributed by atoms with Gasteiger partial charge < -0.3 is 10.2 Å². The molecule has 0 saturated carbocycles. The van der Waals surface area contributed by atoms with E-state index in [0.717, 1.165) is 44.5 Å². The van der Waals surface area contributed by atoms with Crippen LogP contribution in [-0.2, 0) is 9.59 Å². The number of carbonyl (C=O) groups excluding carboxylic acids is 2. The maximum atomic E-state index is 11.9. The maximum absolute atomic E-state index is 11.9. The third kappa shape index (κ3) is 7.10. The Labute approximate surface area is 155 Å². The number of aryl methyl sites for hydroxylation is 2. The van der Waals surface area contributed by atoms with E-state index < -0.39 is 0 Å². The standard InChI is InChI=1S/C20H30N2O2S/c1-16-8-9-18(15-17(16)2)25-14-10-19(23)21-11-6-13-22-12-5-3-4-7-20(22)24/h8-9,15H,3-7,10-14H2,1-2H3,(H,21,23). The molecule has 0 spiro atoms. The molecule has 4 nitrogen and oxygen atoms in total. The van der Waals surface area contributed by atoms with E-state index in [2.05, 4.69) is 37.4 Å². The van der Waals surface area contributed by atoms with Crippen molar-refractivity contribution in [2.45, 2.75) is 57.3 Å². The van der Waals surface area contributed by atoms with Gasteiger partial charge in [-0.15, -0.1) is 11.8 Å². The van der Waals surface area contributed by atoms with Crippen molar-refractivity contribution in [1.82, 2.24) is 10.2 Å². The summed E-state index contributed by atoms with van der Waals surface area (Å²) in [5.74, 6) is 1.16. The highest BCUT2D eigenvalue weighted by molar-refractivity contribution is 7.99. The summed E-state index contributed by atoms with van der Waals surface area (Å²) in [5, 5.41) is 2.97. The molecule has 5 heteroatoms. The molecule has 0 radical (unpaired) electrons. The first-order valence-corrected chi connectivity index (χ1v) is 10.3. The van der Waals surface area contributed by atoms with Crippen molar-refractivity contribution in [3.05, 3.63) is 29.3 Å². The molecule has 1 fully saturated rings. The number of nitrogens with one attached hydrogen (secondary N) is 1. The first-order chi connectivity index (χ1) is 12.1. The van der Waals surface area contributed by atoms with E-state index in [1.54, 1.807) is 11.8 Å². The summed E-state index contributed by atoms with van der Waals surface area (Å²) in [4.78, 5) is 27.0. The number of rotatable bonds is 8. The number of hydrogen-bond acceptors (Lipinski definition) is 3. The van der Waals surface area contributed by atoms with Gasteiger partial charge in [0, 0.05) is 43.1 Å². The molecule has 0 aromatic heterocycles. The lowest BCUT2D eigenvalue weighted by atomic mass is 10.1. The van der Waals surface area contributed by atoms with E-state index in [1.807, 2.05) is 4.90 Å². The van der Waals surface area contributed by atoms with Gasteiger partial charge in [0.25, 0.3) is 0 Å². The average Bonchev–Trinajstić information content (AvgIpc) is 2.79. The molecular formula is C20H30N2O2S. The highest BCUT2D eigenvalue weighted by atomic mass is 32.2. The number of thioether (sulfide) groups is 1. The van der Waals surface area contributed by atoms with E-state index in [-0.39, 0.29) is 11.8 Å². The van der Waals surface area contributed by atoms with Gasteiger partial charge in [-0.3, -0.25) is 9.59 Å². The Morgan fingerprint density at radius 1 is 1.20 bits per heavy atom. The van der Waals surface area contributed by atoms with E-state index in [1.165, 1.54) is 16.0 Å². The predicted molar refractivity (Wildman–Crippen MR) is 104 cm³/mol. The SMILES string of the molecule is Cc1ccc(SCCC(=O)NCCCN2CCCCCC2=O)cc1C. The van der Waals surface area contributed by atoms with Crippen molar-refractivity contribution < 1.29 is 9.59 Å². The third-order valence-electron chi connectivity index (χ3n) is 4.67. The zero-order valence-corrected chi connectivity index (χ0v) is 16.3. The lowest BCUT2D eigenvalue weighted by Gasteiger charge is -2.20. The first kappa shape index (κ1) is 19.8. The molecule has 0 unspecified atom stereocenters. The van der Waals surface area contributed by atoms with Crippen LogP contribution in [0.25, 0.3) is 0 Å². The van der Waals surface area contributed by atoms with Gasteiger partial charge in [-0.1, -0.05) is 12.5 Å². The summed E-state index contributed by atoms with van der Waals surface area (Å²) in [6.45, 7) is 6.50. The molecule has 1 aromatic carbocycles. The molecule has 1 aliphatic rings. The largest absolute Gasteiger partial charge is 0.356 e. The van der Waals surface area contributed by atoms with Crippen LogP contribution in [0.5, 0.6) is 0 Å². The normalized spacial score (nSPS) is 15.1. The van der Waals surface area contributed by atoms with Gasteiger partial charge in [0.2, 0.25) is 11.8 Å². The van der Waals surface area contributed by atoms with E-state index in [9.17, 15) is 9.59 Å². The minimum atomic E-state index is 0.0959. The Bertz CT molecular complexity index is 589. The fraction of sp³-hybridized carbons (Fsp3) is 0.600. The molecule has 0 bridgehead atoms. The summed E-state index contributed by atoms with van der Waals surface area (Å²) in [5.41, 5.74) is 2.59.